The molecule has 0 spiro atoms. The van der Waals surface area contributed by atoms with E-state index in [2.05, 4.69) is 40.1 Å². The Hall–Kier alpha value is -1.39. The molecule has 21 heavy (non-hydrogen) atoms. The van der Waals surface area contributed by atoms with Crippen molar-refractivity contribution in [1.82, 2.24) is 10.3 Å². The highest BCUT2D eigenvalue weighted by Gasteiger charge is 2.20. The zero-order valence-corrected chi connectivity index (χ0v) is 14.1. The predicted octanol–water partition coefficient (Wildman–Crippen LogP) is 4.62. The summed E-state index contributed by atoms with van der Waals surface area (Å²) in [5.74, 6) is 0.106. The lowest BCUT2D eigenvalue weighted by Gasteiger charge is -2.23. The summed E-state index contributed by atoms with van der Waals surface area (Å²) in [6.45, 7) is 4.13. The van der Waals surface area contributed by atoms with Crippen molar-refractivity contribution in [3.05, 3.63) is 63.3 Å². The molecule has 3 nitrogen and oxygen atoms in total. The van der Waals surface area contributed by atoms with Gasteiger partial charge in [-0.15, -0.1) is 0 Å². The van der Waals surface area contributed by atoms with Gasteiger partial charge in [0.15, 0.2) is 0 Å². The van der Waals surface area contributed by atoms with Crippen LogP contribution in [0.3, 0.4) is 0 Å². The molecular formula is C16H16BrClN2O. The van der Waals surface area contributed by atoms with Crippen LogP contribution in [0.4, 0.5) is 0 Å². The van der Waals surface area contributed by atoms with Crippen LogP contribution in [0.1, 0.15) is 35.8 Å². The number of benzene rings is 1. The van der Waals surface area contributed by atoms with Crippen molar-refractivity contribution in [3.8, 4) is 0 Å². The largest absolute Gasteiger partial charge is 0.345 e. The van der Waals surface area contributed by atoms with Gasteiger partial charge in [-0.3, -0.25) is 4.79 Å². The van der Waals surface area contributed by atoms with Gasteiger partial charge in [0.25, 0.3) is 5.91 Å². The van der Waals surface area contributed by atoms with E-state index in [0.29, 0.717) is 15.2 Å². The van der Waals surface area contributed by atoms with Crippen molar-refractivity contribution in [2.75, 3.05) is 0 Å². The topological polar surface area (TPSA) is 42.0 Å². The summed E-state index contributed by atoms with van der Waals surface area (Å²) < 4.78 is 0.543. The summed E-state index contributed by atoms with van der Waals surface area (Å²) in [5.41, 5.74) is 1.56. The van der Waals surface area contributed by atoms with Crippen LogP contribution in [0.25, 0.3) is 0 Å². The molecule has 1 N–H and O–H groups in total. The lowest BCUT2D eigenvalue weighted by molar-refractivity contribution is 0.0924. The zero-order valence-electron chi connectivity index (χ0n) is 11.8. The number of carbonyl (C=O) groups is 1. The number of hydrogen-bond donors (Lipinski definition) is 1. The minimum atomic E-state index is -0.149. The normalized spacial score (nSPS) is 12.2. The second-order valence-electron chi connectivity index (χ2n) is 5.09. The fourth-order valence-corrected chi connectivity index (χ4v) is 2.64. The Labute approximate surface area is 137 Å². The molecule has 1 unspecified atom stereocenters. The second-order valence-corrected chi connectivity index (χ2v) is 6.28. The maximum atomic E-state index is 12.4. The van der Waals surface area contributed by atoms with Crippen molar-refractivity contribution < 1.29 is 4.79 Å². The SMILES string of the molecule is CC(C)C(NC(=O)c1cccnc1Br)c1ccc(Cl)cc1. The first-order valence-electron chi connectivity index (χ1n) is 6.66. The smallest absolute Gasteiger partial charge is 0.254 e. The molecule has 0 fully saturated rings. The van der Waals surface area contributed by atoms with E-state index in [4.69, 9.17) is 11.6 Å². The maximum Gasteiger partial charge on any atom is 0.254 e. The molecule has 1 atom stereocenters. The van der Waals surface area contributed by atoms with Gasteiger partial charge >= 0.3 is 0 Å². The molecule has 0 radical (unpaired) electrons. The molecule has 110 valence electrons. The van der Waals surface area contributed by atoms with E-state index in [-0.39, 0.29) is 17.9 Å². The quantitative estimate of drug-likeness (QED) is 0.801. The summed E-state index contributed by atoms with van der Waals surface area (Å²) >= 11 is 9.22. The second kappa shape index (κ2) is 7.05. The van der Waals surface area contributed by atoms with Crippen LogP contribution < -0.4 is 5.32 Å². The molecule has 2 aromatic rings. The minimum Gasteiger partial charge on any atom is -0.345 e. The van der Waals surface area contributed by atoms with Crippen LogP contribution in [-0.4, -0.2) is 10.9 Å². The van der Waals surface area contributed by atoms with Gasteiger partial charge < -0.3 is 5.32 Å². The summed E-state index contributed by atoms with van der Waals surface area (Å²) in [7, 11) is 0. The number of pyridine rings is 1. The van der Waals surface area contributed by atoms with E-state index >= 15 is 0 Å². The lowest BCUT2D eigenvalue weighted by atomic mass is 9.96. The molecule has 1 heterocycles. The van der Waals surface area contributed by atoms with Crippen LogP contribution >= 0.6 is 27.5 Å². The standard InChI is InChI=1S/C16H16BrClN2O/c1-10(2)14(11-5-7-12(18)8-6-11)20-16(21)13-4-3-9-19-15(13)17/h3-10,14H,1-2H3,(H,20,21). The fraction of sp³-hybridized carbons (Fsp3) is 0.250. The number of amides is 1. The summed E-state index contributed by atoms with van der Waals surface area (Å²) in [6, 6.07) is 10.9. The van der Waals surface area contributed by atoms with Crippen LogP contribution in [0.15, 0.2) is 47.2 Å². The number of carbonyl (C=O) groups excluding carboxylic acids is 1. The van der Waals surface area contributed by atoms with Crippen molar-refractivity contribution in [2.45, 2.75) is 19.9 Å². The molecule has 0 aliphatic carbocycles. The molecular weight excluding hydrogens is 352 g/mol. The van der Waals surface area contributed by atoms with E-state index in [1.54, 1.807) is 18.3 Å². The number of rotatable bonds is 4. The molecule has 0 saturated heterocycles. The van der Waals surface area contributed by atoms with Gasteiger partial charge in [0.1, 0.15) is 4.60 Å². The Balaban J connectivity index is 2.23. The third-order valence-corrected chi connectivity index (χ3v) is 4.07. The molecule has 0 aliphatic heterocycles. The third-order valence-electron chi connectivity index (χ3n) is 3.19. The number of hydrogen-bond acceptors (Lipinski definition) is 2. The van der Waals surface area contributed by atoms with E-state index < -0.39 is 0 Å². The average molecular weight is 368 g/mol. The maximum absolute atomic E-state index is 12.4. The minimum absolute atomic E-state index is 0.0816. The summed E-state index contributed by atoms with van der Waals surface area (Å²) in [5, 5.41) is 3.74. The Morgan fingerprint density at radius 1 is 1.24 bits per heavy atom. The molecule has 0 bridgehead atoms. The highest BCUT2D eigenvalue weighted by molar-refractivity contribution is 9.10. The number of halogens is 2. The number of nitrogens with zero attached hydrogens (tertiary/aromatic N) is 1. The predicted molar refractivity (Wildman–Crippen MR) is 88.4 cm³/mol. The van der Waals surface area contributed by atoms with Crippen molar-refractivity contribution in [2.24, 2.45) is 5.92 Å². The van der Waals surface area contributed by atoms with Crippen LogP contribution in [-0.2, 0) is 0 Å². The summed E-state index contributed by atoms with van der Waals surface area (Å²) in [6.07, 6.45) is 1.64. The molecule has 1 aromatic carbocycles. The highest BCUT2D eigenvalue weighted by Crippen LogP contribution is 2.24. The third kappa shape index (κ3) is 4.05. The van der Waals surface area contributed by atoms with Crippen molar-refractivity contribution >= 4 is 33.4 Å². The molecule has 1 amide bonds. The van der Waals surface area contributed by atoms with Gasteiger partial charge in [0.05, 0.1) is 11.6 Å². The van der Waals surface area contributed by atoms with Gasteiger partial charge in [-0.05, 0) is 51.7 Å². The van der Waals surface area contributed by atoms with E-state index in [1.807, 2.05) is 24.3 Å². The molecule has 5 heteroatoms. The van der Waals surface area contributed by atoms with E-state index in [0.717, 1.165) is 5.56 Å². The van der Waals surface area contributed by atoms with Crippen LogP contribution in [0.2, 0.25) is 5.02 Å². The average Bonchev–Trinajstić information content (AvgIpc) is 2.46. The summed E-state index contributed by atoms with van der Waals surface area (Å²) in [4.78, 5) is 16.5. The van der Waals surface area contributed by atoms with Crippen LogP contribution in [0.5, 0.6) is 0 Å². The first kappa shape index (κ1) is 16.0. The Kier molecular flexibility index (Phi) is 5.37. The lowest BCUT2D eigenvalue weighted by Crippen LogP contribution is -2.32. The van der Waals surface area contributed by atoms with Crippen molar-refractivity contribution in [1.29, 1.82) is 0 Å². The highest BCUT2D eigenvalue weighted by atomic mass is 79.9. The molecule has 1 aromatic heterocycles. The van der Waals surface area contributed by atoms with Crippen LogP contribution in [0, 0.1) is 5.92 Å². The fourth-order valence-electron chi connectivity index (χ4n) is 2.08. The Bertz CT molecular complexity index is 628. The first-order chi connectivity index (χ1) is 9.99. The zero-order chi connectivity index (χ0) is 15.4. The van der Waals surface area contributed by atoms with Gasteiger partial charge in [0.2, 0.25) is 0 Å². The number of nitrogens with one attached hydrogen (secondary N) is 1. The van der Waals surface area contributed by atoms with E-state index in [9.17, 15) is 4.79 Å². The molecule has 2 rings (SSSR count). The Morgan fingerprint density at radius 3 is 2.48 bits per heavy atom. The van der Waals surface area contributed by atoms with E-state index in [1.165, 1.54) is 0 Å². The van der Waals surface area contributed by atoms with Gasteiger partial charge in [-0.1, -0.05) is 37.6 Å². The van der Waals surface area contributed by atoms with Gasteiger partial charge in [-0.25, -0.2) is 4.98 Å². The van der Waals surface area contributed by atoms with Gasteiger partial charge in [-0.2, -0.15) is 0 Å². The first-order valence-corrected chi connectivity index (χ1v) is 7.83. The number of aromatic nitrogens is 1. The molecule has 0 saturated carbocycles. The monoisotopic (exact) mass is 366 g/mol. The molecule has 0 aliphatic rings. The Morgan fingerprint density at radius 2 is 1.90 bits per heavy atom. The van der Waals surface area contributed by atoms with Crippen molar-refractivity contribution in [3.63, 3.8) is 0 Å². The van der Waals surface area contributed by atoms with Gasteiger partial charge in [0, 0.05) is 11.2 Å².